The highest BCUT2D eigenvalue weighted by Crippen LogP contribution is 2.51. The fourth-order valence-corrected chi connectivity index (χ4v) is 3.02. The van der Waals surface area contributed by atoms with E-state index in [0.29, 0.717) is 16.8 Å². The van der Waals surface area contributed by atoms with Gasteiger partial charge in [0.25, 0.3) is 0 Å². The molecule has 0 aromatic heterocycles. The summed E-state index contributed by atoms with van der Waals surface area (Å²) in [5.74, 6) is -1.63. The lowest BCUT2D eigenvalue weighted by molar-refractivity contribution is 0.216. The molecule has 0 saturated carbocycles. The molecule has 0 heterocycles. The van der Waals surface area contributed by atoms with Crippen molar-refractivity contribution in [1.29, 1.82) is 0 Å². The molecule has 0 aliphatic heterocycles. The highest BCUT2D eigenvalue weighted by molar-refractivity contribution is 7.52. The average molecular weight is 383 g/mol. The molecular weight excluding hydrogens is 356 g/mol. The van der Waals surface area contributed by atoms with Crippen molar-refractivity contribution in [3.8, 4) is 0 Å². The predicted molar refractivity (Wildman–Crippen MR) is 103 cm³/mol. The summed E-state index contributed by atoms with van der Waals surface area (Å²) in [6.07, 6.45) is 0.678. The van der Waals surface area contributed by atoms with Crippen molar-refractivity contribution in [3.63, 3.8) is 0 Å². The monoisotopic (exact) mass is 383 g/mol. The van der Waals surface area contributed by atoms with Gasteiger partial charge in [-0.3, -0.25) is 4.57 Å². The fraction of sp³-hybridized carbons (Fsp3) is 0.368. The number of halogens is 1. The van der Waals surface area contributed by atoms with Gasteiger partial charge in [0.1, 0.15) is 5.82 Å². The quantitative estimate of drug-likeness (QED) is 0.576. The Hall–Kier alpha value is -1.72. The minimum Gasteiger partial charge on any atom is -0.394 e. The highest BCUT2D eigenvalue weighted by atomic mass is 31.2. The summed E-state index contributed by atoms with van der Waals surface area (Å²) >= 11 is 0. The summed E-state index contributed by atoms with van der Waals surface area (Å²) < 4.78 is 25.4. The van der Waals surface area contributed by atoms with Crippen LogP contribution < -0.4 is 5.32 Å². The van der Waals surface area contributed by atoms with Crippen LogP contribution in [0.5, 0.6) is 0 Å². The number of aryl methyl sites for hydroxylation is 2. The maximum Gasteiger partial charge on any atom is 0.352 e. The van der Waals surface area contributed by atoms with Crippen LogP contribution in [-0.2, 0) is 11.0 Å². The van der Waals surface area contributed by atoms with Gasteiger partial charge in [-0.15, -0.1) is 0 Å². The lowest BCUT2D eigenvalue weighted by atomic mass is 10.1. The average Bonchev–Trinajstić information content (AvgIpc) is 2.54. The molecule has 2 aromatic rings. The van der Waals surface area contributed by atoms with E-state index in [2.05, 4.69) is 5.32 Å². The summed E-state index contributed by atoms with van der Waals surface area (Å²) in [5, 5.41) is 10.8. The third-order valence-electron chi connectivity index (χ3n) is 3.52. The molecule has 2 aromatic carbocycles. The number of hydrogen-bond acceptors (Lipinski definition) is 3. The maximum absolute atomic E-state index is 13.6. The number of aliphatic hydroxyl groups excluding tert-OH is 1. The molecule has 1 atom stereocenters. The Kier molecular flexibility index (Phi) is 8.44. The highest BCUT2D eigenvalue weighted by Gasteiger charge is 2.30. The van der Waals surface area contributed by atoms with Gasteiger partial charge in [0.2, 0.25) is 0 Å². The normalized spacial score (nSPS) is 12.3. The van der Waals surface area contributed by atoms with E-state index in [4.69, 9.17) is 5.11 Å². The molecule has 0 aliphatic rings. The predicted octanol–water partition coefficient (Wildman–Crippen LogP) is 4.37. The van der Waals surface area contributed by atoms with Crippen LogP contribution in [0.3, 0.4) is 0 Å². The van der Waals surface area contributed by atoms with E-state index in [0.717, 1.165) is 12.0 Å². The number of rotatable bonds is 5. The Bertz CT molecular complexity index is 741. The topological polar surface area (TPSA) is 89.8 Å². The summed E-state index contributed by atoms with van der Waals surface area (Å²) in [5.41, 5.74) is 2.35. The molecule has 5 nitrogen and oxygen atoms in total. The molecule has 7 heteroatoms. The van der Waals surface area contributed by atoms with Gasteiger partial charge in [-0.1, -0.05) is 37.3 Å². The standard InChI is InChI=1S/C16H19FNO3P.C3H8O/c1-3-12-5-7-13(8-6-12)16(22(19,20)21)18-14-9-4-11(2)15(17)10-14;1-3(2)4/h4-10,16,18H,3H2,1-2H3,(H2,19,20,21);3-4H,1-2H3. The van der Waals surface area contributed by atoms with Crippen molar-refractivity contribution < 1.29 is 23.8 Å². The van der Waals surface area contributed by atoms with E-state index in [1.165, 1.54) is 6.07 Å². The molecule has 144 valence electrons. The van der Waals surface area contributed by atoms with Gasteiger partial charge >= 0.3 is 7.60 Å². The number of aliphatic hydroxyl groups is 1. The van der Waals surface area contributed by atoms with Crippen molar-refractivity contribution in [2.24, 2.45) is 0 Å². The van der Waals surface area contributed by atoms with Gasteiger partial charge in [-0.05, 0) is 56.0 Å². The molecule has 26 heavy (non-hydrogen) atoms. The Morgan fingerprint density at radius 1 is 1.12 bits per heavy atom. The molecule has 0 aliphatic carbocycles. The number of nitrogens with one attached hydrogen (secondary N) is 1. The molecule has 0 saturated heterocycles. The summed E-state index contributed by atoms with van der Waals surface area (Å²) in [6.45, 7) is 7.08. The first-order valence-electron chi connectivity index (χ1n) is 8.39. The molecular formula is C19H27FNO4P. The lowest BCUT2D eigenvalue weighted by Crippen LogP contribution is -2.11. The van der Waals surface area contributed by atoms with Crippen LogP contribution in [0.4, 0.5) is 10.1 Å². The van der Waals surface area contributed by atoms with Crippen molar-refractivity contribution in [1.82, 2.24) is 0 Å². The van der Waals surface area contributed by atoms with Gasteiger partial charge in [0.05, 0.1) is 0 Å². The van der Waals surface area contributed by atoms with E-state index in [1.54, 1.807) is 45.0 Å². The van der Waals surface area contributed by atoms with Crippen LogP contribution in [-0.4, -0.2) is 21.0 Å². The van der Waals surface area contributed by atoms with Crippen molar-refractivity contribution in [2.75, 3.05) is 5.32 Å². The van der Waals surface area contributed by atoms with Gasteiger partial charge in [0.15, 0.2) is 5.78 Å². The molecule has 0 spiro atoms. The minimum atomic E-state index is -4.45. The Morgan fingerprint density at radius 2 is 1.65 bits per heavy atom. The van der Waals surface area contributed by atoms with E-state index in [-0.39, 0.29) is 6.10 Å². The van der Waals surface area contributed by atoms with Crippen LogP contribution >= 0.6 is 7.60 Å². The third kappa shape index (κ3) is 7.26. The summed E-state index contributed by atoms with van der Waals surface area (Å²) in [7, 11) is -4.45. The van der Waals surface area contributed by atoms with Crippen LogP contribution in [0.15, 0.2) is 42.5 Å². The second kappa shape index (κ2) is 9.83. The molecule has 0 fully saturated rings. The van der Waals surface area contributed by atoms with E-state index in [1.807, 2.05) is 19.1 Å². The largest absolute Gasteiger partial charge is 0.394 e. The van der Waals surface area contributed by atoms with Gasteiger partial charge in [-0.25, -0.2) is 4.39 Å². The van der Waals surface area contributed by atoms with Gasteiger partial charge in [0, 0.05) is 11.8 Å². The summed E-state index contributed by atoms with van der Waals surface area (Å²) in [6, 6.07) is 11.4. The fourth-order valence-electron chi connectivity index (χ4n) is 2.14. The van der Waals surface area contributed by atoms with Crippen LogP contribution in [0.2, 0.25) is 0 Å². The Labute approximate surface area is 154 Å². The van der Waals surface area contributed by atoms with Crippen LogP contribution in [0.1, 0.15) is 43.2 Å². The van der Waals surface area contributed by atoms with Crippen LogP contribution in [0.25, 0.3) is 0 Å². The number of benzene rings is 2. The minimum absolute atomic E-state index is 0.167. The second-order valence-electron chi connectivity index (χ2n) is 6.29. The van der Waals surface area contributed by atoms with E-state index >= 15 is 0 Å². The first-order chi connectivity index (χ1) is 12.0. The Morgan fingerprint density at radius 3 is 2.08 bits per heavy atom. The number of hydrogen-bond donors (Lipinski definition) is 4. The zero-order valence-electron chi connectivity index (χ0n) is 15.5. The lowest BCUT2D eigenvalue weighted by Gasteiger charge is -2.22. The zero-order valence-corrected chi connectivity index (χ0v) is 16.4. The zero-order chi connectivity index (χ0) is 19.9. The van der Waals surface area contributed by atoms with Gasteiger partial charge < -0.3 is 20.2 Å². The van der Waals surface area contributed by atoms with Gasteiger partial charge in [-0.2, -0.15) is 0 Å². The molecule has 2 rings (SSSR count). The third-order valence-corrected chi connectivity index (χ3v) is 4.62. The molecule has 1 unspecified atom stereocenters. The van der Waals surface area contributed by atoms with Crippen molar-refractivity contribution >= 4 is 13.3 Å². The van der Waals surface area contributed by atoms with E-state index < -0.39 is 19.2 Å². The number of anilines is 1. The van der Waals surface area contributed by atoms with E-state index in [9.17, 15) is 18.7 Å². The van der Waals surface area contributed by atoms with Crippen molar-refractivity contribution in [3.05, 3.63) is 65.0 Å². The summed E-state index contributed by atoms with van der Waals surface area (Å²) in [4.78, 5) is 19.2. The smallest absolute Gasteiger partial charge is 0.352 e. The SMILES string of the molecule is CC(C)O.CCc1ccc(C(Nc2ccc(C)c(F)c2)P(=O)(O)O)cc1. The Balaban J connectivity index is 0.000000765. The first kappa shape index (κ1) is 22.3. The second-order valence-corrected chi connectivity index (χ2v) is 7.98. The first-order valence-corrected chi connectivity index (χ1v) is 10.1. The van der Waals surface area contributed by atoms with Crippen LogP contribution in [0, 0.1) is 12.7 Å². The molecule has 0 radical (unpaired) electrons. The van der Waals surface area contributed by atoms with Crippen molar-refractivity contribution in [2.45, 2.75) is 46.0 Å². The molecule has 0 amide bonds. The molecule has 4 N–H and O–H groups in total. The molecule has 0 bridgehead atoms. The maximum atomic E-state index is 13.6.